The number of anilines is 4. The Labute approximate surface area is 216 Å². The highest BCUT2D eigenvalue weighted by atomic mass is 16.5. The molecule has 37 heavy (non-hydrogen) atoms. The van der Waals surface area contributed by atoms with Crippen LogP contribution in [0.15, 0.2) is 84.9 Å². The predicted molar refractivity (Wildman–Crippen MR) is 147 cm³/mol. The van der Waals surface area contributed by atoms with E-state index in [9.17, 15) is 9.59 Å². The molecule has 0 N–H and O–H groups in total. The Kier molecular flexibility index (Phi) is 5.37. The molecular weight excluding hydrogens is 460 g/mol. The van der Waals surface area contributed by atoms with E-state index in [0.29, 0.717) is 34.0 Å². The maximum absolute atomic E-state index is 14.3. The standard InChI is InChI=1S/C32H28N2O3/c1-19(2)21-11-9-12-22(20(3)4)30(21)34-31(35)23-13-10-16-26(29(23)32(34)36)33-24-14-5-7-17-27(24)37-28-18-8-6-15-25(28)33/h5-20H,1-4H3. The van der Waals surface area contributed by atoms with Gasteiger partial charge in [-0.25, -0.2) is 4.90 Å². The van der Waals surface area contributed by atoms with Crippen LogP contribution in [0.5, 0.6) is 11.5 Å². The van der Waals surface area contributed by atoms with Crippen molar-refractivity contribution in [1.82, 2.24) is 0 Å². The van der Waals surface area contributed by atoms with Gasteiger partial charge in [0.05, 0.1) is 33.9 Å². The lowest BCUT2D eigenvalue weighted by atomic mass is 9.92. The lowest BCUT2D eigenvalue weighted by Gasteiger charge is -2.33. The number of benzene rings is 4. The van der Waals surface area contributed by atoms with E-state index in [2.05, 4.69) is 27.7 Å². The summed E-state index contributed by atoms with van der Waals surface area (Å²) in [6.07, 6.45) is 0. The van der Waals surface area contributed by atoms with Gasteiger partial charge in [-0.3, -0.25) is 9.59 Å². The predicted octanol–water partition coefficient (Wildman–Crippen LogP) is 8.31. The molecule has 0 unspecified atom stereocenters. The minimum atomic E-state index is -0.299. The van der Waals surface area contributed by atoms with Crippen molar-refractivity contribution in [3.8, 4) is 11.5 Å². The maximum Gasteiger partial charge on any atom is 0.268 e. The molecule has 2 aliphatic rings. The summed E-state index contributed by atoms with van der Waals surface area (Å²) in [5.41, 5.74) is 5.82. The van der Waals surface area contributed by atoms with E-state index in [1.807, 2.05) is 83.8 Å². The van der Waals surface area contributed by atoms with Crippen LogP contribution in [-0.2, 0) is 0 Å². The van der Waals surface area contributed by atoms with E-state index in [1.165, 1.54) is 4.90 Å². The van der Waals surface area contributed by atoms with Gasteiger partial charge in [-0.05, 0) is 59.4 Å². The average molecular weight is 489 g/mol. The molecule has 0 saturated carbocycles. The lowest BCUT2D eigenvalue weighted by molar-refractivity contribution is 0.0925. The molecule has 0 aliphatic carbocycles. The Morgan fingerprint density at radius 3 is 1.65 bits per heavy atom. The maximum atomic E-state index is 14.3. The number of ether oxygens (including phenoxy) is 1. The summed E-state index contributed by atoms with van der Waals surface area (Å²) in [6, 6.07) is 27.1. The molecule has 0 bridgehead atoms. The normalized spacial score (nSPS) is 14.1. The van der Waals surface area contributed by atoms with Crippen molar-refractivity contribution in [2.24, 2.45) is 0 Å². The molecule has 184 valence electrons. The molecule has 0 saturated heterocycles. The highest BCUT2D eigenvalue weighted by Crippen LogP contribution is 2.52. The van der Waals surface area contributed by atoms with Crippen LogP contribution in [0.3, 0.4) is 0 Å². The zero-order valence-corrected chi connectivity index (χ0v) is 21.4. The number of rotatable bonds is 4. The largest absolute Gasteiger partial charge is 0.453 e. The number of hydrogen-bond donors (Lipinski definition) is 0. The molecule has 0 aromatic heterocycles. The summed E-state index contributed by atoms with van der Waals surface area (Å²) in [4.78, 5) is 31.7. The third kappa shape index (κ3) is 3.45. The Morgan fingerprint density at radius 2 is 1.08 bits per heavy atom. The molecular formula is C32H28N2O3. The van der Waals surface area contributed by atoms with Crippen LogP contribution in [0.4, 0.5) is 22.7 Å². The molecule has 0 spiro atoms. The zero-order chi connectivity index (χ0) is 25.8. The van der Waals surface area contributed by atoms with E-state index >= 15 is 0 Å². The number of imide groups is 1. The molecule has 2 heterocycles. The highest BCUT2D eigenvalue weighted by molar-refractivity contribution is 6.36. The van der Waals surface area contributed by atoms with Crippen LogP contribution < -0.4 is 14.5 Å². The SMILES string of the molecule is CC(C)c1cccc(C(C)C)c1N1C(=O)c2cccc(N3c4ccccc4Oc4ccccc43)c2C1=O. The molecule has 0 atom stereocenters. The summed E-state index contributed by atoms with van der Waals surface area (Å²) in [6.45, 7) is 8.37. The van der Waals surface area contributed by atoms with Crippen LogP contribution in [0.25, 0.3) is 0 Å². The van der Waals surface area contributed by atoms with Gasteiger partial charge in [0.25, 0.3) is 11.8 Å². The second-order valence-corrected chi connectivity index (χ2v) is 10.1. The smallest absolute Gasteiger partial charge is 0.268 e. The quantitative estimate of drug-likeness (QED) is 0.239. The van der Waals surface area contributed by atoms with E-state index in [0.717, 1.165) is 22.5 Å². The number of hydrogen-bond acceptors (Lipinski definition) is 4. The lowest BCUT2D eigenvalue weighted by Crippen LogP contribution is -2.32. The van der Waals surface area contributed by atoms with Crippen molar-refractivity contribution < 1.29 is 14.3 Å². The van der Waals surface area contributed by atoms with Gasteiger partial charge in [-0.15, -0.1) is 0 Å². The summed E-state index contributed by atoms with van der Waals surface area (Å²) in [7, 11) is 0. The van der Waals surface area contributed by atoms with Crippen LogP contribution in [-0.4, -0.2) is 11.8 Å². The van der Waals surface area contributed by atoms with Crippen molar-refractivity contribution in [2.45, 2.75) is 39.5 Å². The molecule has 2 aliphatic heterocycles. The van der Waals surface area contributed by atoms with Gasteiger partial charge < -0.3 is 9.64 Å². The van der Waals surface area contributed by atoms with E-state index in [4.69, 9.17) is 4.74 Å². The Bertz CT molecular complexity index is 1500. The molecule has 6 rings (SSSR count). The number of nitrogens with zero attached hydrogens (tertiary/aromatic N) is 2. The first kappa shape index (κ1) is 23.0. The van der Waals surface area contributed by atoms with Gasteiger partial charge in [0.15, 0.2) is 11.5 Å². The van der Waals surface area contributed by atoms with E-state index in [1.54, 1.807) is 6.07 Å². The molecule has 4 aromatic carbocycles. The van der Waals surface area contributed by atoms with Crippen LogP contribution in [0.2, 0.25) is 0 Å². The summed E-state index contributed by atoms with van der Waals surface area (Å²) in [5, 5.41) is 0. The van der Waals surface area contributed by atoms with Crippen LogP contribution >= 0.6 is 0 Å². The second kappa shape index (κ2) is 8.63. The first-order valence-corrected chi connectivity index (χ1v) is 12.7. The van der Waals surface area contributed by atoms with Gasteiger partial charge in [0.2, 0.25) is 0 Å². The summed E-state index contributed by atoms with van der Waals surface area (Å²) >= 11 is 0. The van der Waals surface area contributed by atoms with Gasteiger partial charge in [0.1, 0.15) is 0 Å². The Balaban J connectivity index is 1.57. The van der Waals surface area contributed by atoms with E-state index in [-0.39, 0.29) is 23.7 Å². The van der Waals surface area contributed by atoms with Crippen molar-refractivity contribution in [1.29, 1.82) is 0 Å². The molecule has 4 aromatic rings. The molecule has 5 heteroatoms. The van der Waals surface area contributed by atoms with Crippen molar-refractivity contribution >= 4 is 34.6 Å². The number of para-hydroxylation sites is 5. The summed E-state index contributed by atoms with van der Waals surface area (Å²) in [5.74, 6) is 1.10. The fourth-order valence-corrected chi connectivity index (χ4v) is 5.39. The number of carbonyl (C=O) groups excluding carboxylic acids is 2. The van der Waals surface area contributed by atoms with Crippen LogP contribution in [0.1, 0.15) is 71.4 Å². The number of fused-ring (bicyclic) bond motifs is 3. The van der Waals surface area contributed by atoms with Crippen molar-refractivity contribution in [3.05, 3.63) is 107 Å². The first-order valence-electron chi connectivity index (χ1n) is 12.7. The summed E-state index contributed by atoms with van der Waals surface area (Å²) < 4.78 is 6.17. The molecule has 5 nitrogen and oxygen atoms in total. The van der Waals surface area contributed by atoms with E-state index < -0.39 is 0 Å². The van der Waals surface area contributed by atoms with Crippen molar-refractivity contribution in [2.75, 3.05) is 9.80 Å². The van der Waals surface area contributed by atoms with Gasteiger partial charge >= 0.3 is 0 Å². The minimum Gasteiger partial charge on any atom is -0.453 e. The van der Waals surface area contributed by atoms with Gasteiger partial charge in [-0.1, -0.05) is 76.2 Å². The molecule has 2 amide bonds. The first-order chi connectivity index (χ1) is 17.9. The number of amides is 2. The monoisotopic (exact) mass is 488 g/mol. The Hall–Kier alpha value is -4.38. The topological polar surface area (TPSA) is 49.9 Å². The Morgan fingerprint density at radius 1 is 0.568 bits per heavy atom. The second-order valence-electron chi connectivity index (χ2n) is 10.1. The third-order valence-corrected chi connectivity index (χ3v) is 7.13. The van der Waals surface area contributed by atoms with Crippen molar-refractivity contribution in [3.63, 3.8) is 0 Å². The fourth-order valence-electron chi connectivity index (χ4n) is 5.39. The fraction of sp³-hybridized carbons (Fsp3) is 0.188. The van der Waals surface area contributed by atoms with Gasteiger partial charge in [-0.2, -0.15) is 0 Å². The average Bonchev–Trinajstić information content (AvgIpc) is 3.16. The molecule has 0 fully saturated rings. The van der Waals surface area contributed by atoms with Gasteiger partial charge in [0, 0.05) is 0 Å². The van der Waals surface area contributed by atoms with Crippen LogP contribution in [0, 0.1) is 0 Å². The minimum absolute atomic E-state index is 0.149. The third-order valence-electron chi connectivity index (χ3n) is 7.13. The molecule has 0 radical (unpaired) electrons. The highest BCUT2D eigenvalue weighted by Gasteiger charge is 2.42. The zero-order valence-electron chi connectivity index (χ0n) is 21.4. The number of carbonyl (C=O) groups is 2.